The molecule has 4 heteroatoms. The van der Waals surface area contributed by atoms with Crippen LogP contribution >= 0.6 is 33.7 Å². The lowest BCUT2D eigenvalue weighted by molar-refractivity contribution is 0.627. The third kappa shape index (κ3) is 2.42. The van der Waals surface area contributed by atoms with Crippen molar-refractivity contribution in [1.29, 1.82) is 0 Å². The highest BCUT2D eigenvalue weighted by molar-refractivity contribution is 14.1. The number of hydrogen-bond donors (Lipinski definition) is 1. The van der Waals surface area contributed by atoms with Crippen LogP contribution in [0.2, 0.25) is 0 Å². The Balaban J connectivity index is 2.36. The van der Waals surface area contributed by atoms with Gasteiger partial charge in [0.2, 0.25) is 0 Å². The lowest BCUT2D eigenvalue weighted by Gasteiger charge is -2.05. The Morgan fingerprint density at radius 3 is 2.93 bits per heavy atom. The third-order valence-electron chi connectivity index (χ3n) is 2.09. The van der Waals surface area contributed by atoms with Crippen LogP contribution in [0, 0.1) is 15.5 Å². The van der Waals surface area contributed by atoms with Gasteiger partial charge >= 0.3 is 0 Å². The van der Waals surface area contributed by atoms with Gasteiger partial charge in [0.1, 0.15) is 5.82 Å². The van der Waals surface area contributed by atoms with Gasteiger partial charge in [-0.15, -0.1) is 11.1 Å². The SMILES string of the molecule is CC[SH]1C=[C]C(c2ccc(F)cc2I)=N1. The van der Waals surface area contributed by atoms with Crippen LogP contribution in [0.5, 0.6) is 0 Å². The van der Waals surface area contributed by atoms with E-state index in [2.05, 4.69) is 40.0 Å². The van der Waals surface area contributed by atoms with Crippen molar-refractivity contribution >= 4 is 39.4 Å². The fourth-order valence-electron chi connectivity index (χ4n) is 1.30. The first-order valence-electron chi connectivity index (χ1n) is 4.61. The minimum Gasteiger partial charge on any atom is -0.235 e. The molecule has 1 aromatic rings. The fourth-order valence-corrected chi connectivity index (χ4v) is 3.11. The average Bonchev–Trinajstić information content (AvgIpc) is 2.66. The van der Waals surface area contributed by atoms with E-state index < -0.39 is 0 Å². The Morgan fingerprint density at radius 1 is 1.53 bits per heavy atom. The number of benzene rings is 1. The molecule has 0 saturated heterocycles. The van der Waals surface area contributed by atoms with Gasteiger partial charge < -0.3 is 0 Å². The molecule has 0 amide bonds. The normalized spacial score (nSPS) is 21.8. The standard InChI is InChI=1S/C11H10FINS/c1-2-15-6-5-11(14-15)9-4-3-8(12)7-10(9)13/h3-4,6-7,15H,2H2,1H3. The molecule has 0 saturated carbocycles. The Kier molecular flexibility index (Phi) is 3.45. The molecule has 1 unspecified atom stereocenters. The maximum Gasteiger partial charge on any atom is 0.124 e. The van der Waals surface area contributed by atoms with E-state index in [0.717, 1.165) is 20.6 Å². The van der Waals surface area contributed by atoms with Crippen molar-refractivity contribution in [1.82, 2.24) is 0 Å². The van der Waals surface area contributed by atoms with E-state index >= 15 is 0 Å². The van der Waals surface area contributed by atoms with Crippen LogP contribution in [-0.4, -0.2) is 11.5 Å². The van der Waals surface area contributed by atoms with Crippen molar-refractivity contribution < 1.29 is 4.39 Å². The average molecular weight is 334 g/mol. The molecule has 1 heterocycles. The summed E-state index contributed by atoms with van der Waals surface area (Å²) in [5, 5.41) is 2.03. The molecule has 79 valence electrons. The first-order chi connectivity index (χ1) is 7.20. The van der Waals surface area contributed by atoms with E-state index in [1.807, 2.05) is 5.41 Å². The van der Waals surface area contributed by atoms with Gasteiger partial charge in [0.25, 0.3) is 0 Å². The molecular weight excluding hydrogens is 324 g/mol. The van der Waals surface area contributed by atoms with Crippen LogP contribution in [0.4, 0.5) is 4.39 Å². The number of nitrogens with zero attached hydrogens (tertiary/aromatic N) is 1. The molecule has 1 radical (unpaired) electrons. The van der Waals surface area contributed by atoms with Gasteiger partial charge in [0.15, 0.2) is 0 Å². The molecule has 1 aromatic carbocycles. The van der Waals surface area contributed by atoms with Crippen molar-refractivity contribution in [3.05, 3.63) is 44.6 Å². The molecular formula is C11H10FINS. The Bertz CT molecular complexity index is 442. The number of thiol groups is 1. The summed E-state index contributed by atoms with van der Waals surface area (Å²) in [7, 11) is 0. The molecule has 2 rings (SSSR count). The topological polar surface area (TPSA) is 12.4 Å². The molecule has 1 nitrogen and oxygen atoms in total. The fraction of sp³-hybridized carbons (Fsp3) is 0.182. The summed E-state index contributed by atoms with van der Waals surface area (Å²) in [6, 6.07) is 4.76. The van der Waals surface area contributed by atoms with E-state index in [9.17, 15) is 4.39 Å². The second kappa shape index (κ2) is 4.65. The summed E-state index contributed by atoms with van der Waals surface area (Å²) in [5.41, 5.74) is 1.85. The van der Waals surface area contributed by atoms with Crippen molar-refractivity contribution in [2.24, 2.45) is 4.40 Å². The Labute approximate surface area is 105 Å². The Morgan fingerprint density at radius 2 is 2.33 bits per heavy atom. The van der Waals surface area contributed by atoms with Gasteiger partial charge in [-0.1, -0.05) is 6.92 Å². The minimum atomic E-state index is -0.371. The first-order valence-corrected chi connectivity index (χ1v) is 7.24. The number of rotatable bonds is 2. The molecule has 0 aromatic heterocycles. The summed E-state index contributed by atoms with van der Waals surface area (Å²) < 4.78 is 18.4. The summed E-state index contributed by atoms with van der Waals surface area (Å²) in [6.45, 7) is 2.12. The maximum absolute atomic E-state index is 12.9. The predicted molar refractivity (Wildman–Crippen MR) is 73.0 cm³/mol. The van der Waals surface area contributed by atoms with Crippen LogP contribution in [0.25, 0.3) is 0 Å². The summed E-state index contributed by atoms with van der Waals surface area (Å²) in [4.78, 5) is 0. The van der Waals surface area contributed by atoms with Gasteiger partial charge in [-0.2, -0.15) is 0 Å². The van der Waals surface area contributed by atoms with Crippen molar-refractivity contribution in [3.63, 3.8) is 0 Å². The van der Waals surface area contributed by atoms with Crippen molar-refractivity contribution in [2.75, 3.05) is 5.75 Å². The van der Waals surface area contributed by atoms with Gasteiger partial charge in [-0.3, -0.25) is 0 Å². The zero-order chi connectivity index (χ0) is 10.8. The highest BCUT2D eigenvalue weighted by Gasteiger charge is 2.12. The van der Waals surface area contributed by atoms with Crippen LogP contribution in [0.15, 0.2) is 28.0 Å². The highest BCUT2D eigenvalue weighted by atomic mass is 127. The number of hydrogen-bond acceptors (Lipinski definition) is 1. The predicted octanol–water partition coefficient (Wildman–Crippen LogP) is 3.49. The maximum atomic E-state index is 12.9. The summed E-state index contributed by atoms with van der Waals surface area (Å²) in [6.07, 6.45) is 3.16. The van der Waals surface area contributed by atoms with Crippen molar-refractivity contribution in [2.45, 2.75) is 6.92 Å². The zero-order valence-corrected chi connectivity index (χ0v) is 11.2. The molecule has 0 fully saturated rings. The van der Waals surface area contributed by atoms with Crippen molar-refractivity contribution in [3.8, 4) is 0 Å². The molecule has 0 aliphatic carbocycles. The van der Waals surface area contributed by atoms with E-state index in [1.165, 1.54) is 12.1 Å². The van der Waals surface area contributed by atoms with Gasteiger partial charge in [-0.25, -0.2) is 8.79 Å². The van der Waals surface area contributed by atoms with E-state index in [0.29, 0.717) is 0 Å². The monoisotopic (exact) mass is 334 g/mol. The molecule has 1 aliphatic heterocycles. The first kappa shape index (κ1) is 11.1. The largest absolute Gasteiger partial charge is 0.235 e. The van der Waals surface area contributed by atoms with E-state index in [4.69, 9.17) is 0 Å². The van der Waals surface area contributed by atoms with Crippen LogP contribution < -0.4 is 0 Å². The Hall–Kier alpha value is -0.360. The van der Waals surface area contributed by atoms with Crippen LogP contribution in [0.1, 0.15) is 12.5 Å². The van der Waals surface area contributed by atoms with E-state index in [-0.39, 0.29) is 16.9 Å². The van der Waals surface area contributed by atoms with Crippen LogP contribution in [-0.2, 0) is 0 Å². The molecule has 0 bridgehead atoms. The summed E-state index contributed by atoms with van der Waals surface area (Å²) >= 11 is 1.76. The van der Waals surface area contributed by atoms with E-state index in [1.54, 1.807) is 6.07 Å². The quantitative estimate of drug-likeness (QED) is 0.628. The molecule has 0 N–H and O–H groups in total. The zero-order valence-electron chi connectivity index (χ0n) is 8.17. The molecule has 0 spiro atoms. The number of halogens is 2. The number of allylic oxidation sites excluding steroid dienone is 1. The molecule has 15 heavy (non-hydrogen) atoms. The van der Waals surface area contributed by atoms with Crippen LogP contribution in [0.3, 0.4) is 0 Å². The minimum absolute atomic E-state index is 0.205. The molecule has 1 atom stereocenters. The smallest absolute Gasteiger partial charge is 0.124 e. The van der Waals surface area contributed by atoms with Gasteiger partial charge in [0, 0.05) is 15.2 Å². The summed E-state index contributed by atoms with van der Waals surface area (Å²) in [5.74, 6) is 0.840. The molecule has 1 aliphatic rings. The second-order valence-electron chi connectivity index (χ2n) is 3.10. The van der Waals surface area contributed by atoms with Gasteiger partial charge in [-0.05, 0) is 52.0 Å². The lowest BCUT2D eigenvalue weighted by atomic mass is 10.1. The van der Waals surface area contributed by atoms with Gasteiger partial charge in [0.05, 0.1) is 5.71 Å². The highest BCUT2D eigenvalue weighted by Crippen LogP contribution is 2.34. The lowest BCUT2D eigenvalue weighted by Crippen LogP contribution is -1.98. The third-order valence-corrected chi connectivity index (χ3v) is 4.51. The second-order valence-corrected chi connectivity index (χ2v) is 6.23.